The second-order valence-electron chi connectivity index (χ2n) is 4.77. The van der Waals surface area contributed by atoms with E-state index in [1.165, 1.54) is 0 Å². The lowest BCUT2D eigenvalue weighted by atomic mass is 10.2. The van der Waals surface area contributed by atoms with Crippen LogP contribution >= 0.6 is 0 Å². The van der Waals surface area contributed by atoms with Crippen LogP contribution < -0.4 is 10.5 Å². The minimum atomic E-state index is -0.0642. The molecule has 2 unspecified atom stereocenters. The number of hydrogen-bond acceptors (Lipinski definition) is 4. The number of morpholine rings is 1. The van der Waals surface area contributed by atoms with Crippen LogP contribution in [0, 0.1) is 0 Å². The number of aryl methyl sites for hydroxylation is 1. The van der Waals surface area contributed by atoms with Crippen LogP contribution in [-0.2, 0) is 11.2 Å². The smallest absolute Gasteiger partial charge is 0.252 e. The van der Waals surface area contributed by atoms with Gasteiger partial charge in [-0.05, 0) is 12.8 Å². The second kappa shape index (κ2) is 4.14. The van der Waals surface area contributed by atoms with Gasteiger partial charge in [-0.3, -0.25) is 4.79 Å². The Hall–Kier alpha value is -1.36. The number of aromatic nitrogens is 2. The zero-order chi connectivity index (χ0) is 11.8. The molecule has 3 heterocycles. The molecule has 0 amide bonds. The number of aromatic amines is 1. The first-order valence-electron chi connectivity index (χ1n) is 6.25. The van der Waals surface area contributed by atoms with Gasteiger partial charge in [-0.1, -0.05) is 6.92 Å². The summed E-state index contributed by atoms with van der Waals surface area (Å²) in [6.45, 7) is 3.71. The molecule has 92 valence electrons. The van der Waals surface area contributed by atoms with Crippen molar-refractivity contribution < 1.29 is 4.74 Å². The molecule has 2 fully saturated rings. The molecule has 2 bridgehead atoms. The Morgan fingerprint density at radius 3 is 2.82 bits per heavy atom. The Morgan fingerprint density at radius 1 is 1.47 bits per heavy atom. The molecule has 0 aliphatic carbocycles. The van der Waals surface area contributed by atoms with Gasteiger partial charge in [0.15, 0.2) is 0 Å². The van der Waals surface area contributed by atoms with Crippen LogP contribution in [0.25, 0.3) is 0 Å². The first-order chi connectivity index (χ1) is 8.24. The number of nitrogens with zero attached hydrogens (tertiary/aromatic N) is 2. The Balaban J connectivity index is 1.88. The highest BCUT2D eigenvalue weighted by Gasteiger charge is 2.34. The number of anilines is 1. The van der Waals surface area contributed by atoms with E-state index in [0.717, 1.165) is 44.0 Å². The molecule has 1 aromatic heterocycles. The van der Waals surface area contributed by atoms with Gasteiger partial charge in [-0.25, -0.2) is 4.98 Å². The van der Waals surface area contributed by atoms with E-state index in [9.17, 15) is 4.79 Å². The van der Waals surface area contributed by atoms with Gasteiger partial charge in [0.05, 0.1) is 12.2 Å². The second-order valence-corrected chi connectivity index (χ2v) is 4.77. The SMILES string of the molecule is CCc1nc(N2CC3CCC(C2)O3)cc(=O)[nH]1. The van der Waals surface area contributed by atoms with E-state index >= 15 is 0 Å². The minimum absolute atomic E-state index is 0.0642. The van der Waals surface area contributed by atoms with Crippen LogP contribution in [0.4, 0.5) is 5.82 Å². The van der Waals surface area contributed by atoms with Crippen molar-refractivity contribution in [3.05, 3.63) is 22.2 Å². The lowest BCUT2D eigenvalue weighted by Crippen LogP contribution is -2.43. The molecule has 0 aromatic carbocycles. The molecule has 2 saturated heterocycles. The molecule has 3 rings (SSSR count). The average Bonchev–Trinajstić information content (AvgIpc) is 2.67. The van der Waals surface area contributed by atoms with E-state index in [-0.39, 0.29) is 5.56 Å². The number of rotatable bonds is 2. The number of fused-ring (bicyclic) bond motifs is 2. The van der Waals surface area contributed by atoms with E-state index in [1.54, 1.807) is 6.07 Å². The molecule has 2 aliphatic heterocycles. The molecule has 0 spiro atoms. The Kier molecular flexibility index (Phi) is 2.63. The van der Waals surface area contributed by atoms with Gasteiger partial charge >= 0.3 is 0 Å². The number of H-pyrrole nitrogens is 1. The van der Waals surface area contributed by atoms with Crippen LogP contribution in [-0.4, -0.2) is 35.3 Å². The molecule has 1 aromatic rings. The summed E-state index contributed by atoms with van der Waals surface area (Å²) in [5.74, 6) is 1.55. The van der Waals surface area contributed by atoms with E-state index in [0.29, 0.717) is 12.2 Å². The van der Waals surface area contributed by atoms with Crippen molar-refractivity contribution in [2.75, 3.05) is 18.0 Å². The van der Waals surface area contributed by atoms with Crippen molar-refractivity contribution in [2.24, 2.45) is 0 Å². The molecule has 2 aliphatic rings. The van der Waals surface area contributed by atoms with Crippen molar-refractivity contribution in [2.45, 2.75) is 38.4 Å². The molecule has 1 N–H and O–H groups in total. The van der Waals surface area contributed by atoms with Crippen molar-refractivity contribution in [1.82, 2.24) is 9.97 Å². The predicted octanol–water partition coefficient (Wildman–Crippen LogP) is 0.700. The van der Waals surface area contributed by atoms with Gasteiger partial charge in [-0.2, -0.15) is 0 Å². The summed E-state index contributed by atoms with van der Waals surface area (Å²) in [7, 11) is 0. The normalized spacial score (nSPS) is 27.5. The monoisotopic (exact) mass is 235 g/mol. The van der Waals surface area contributed by atoms with Crippen LogP contribution in [0.1, 0.15) is 25.6 Å². The topological polar surface area (TPSA) is 58.2 Å². The highest BCUT2D eigenvalue weighted by Crippen LogP contribution is 2.28. The van der Waals surface area contributed by atoms with Gasteiger partial charge in [-0.15, -0.1) is 0 Å². The Morgan fingerprint density at radius 2 is 2.18 bits per heavy atom. The standard InChI is InChI=1S/C12H17N3O2/c1-2-10-13-11(5-12(16)14-10)15-6-8-3-4-9(7-15)17-8/h5,8-9H,2-4,6-7H2,1H3,(H,13,14,16). The van der Waals surface area contributed by atoms with Gasteiger partial charge in [0.2, 0.25) is 0 Å². The van der Waals surface area contributed by atoms with Gasteiger partial charge < -0.3 is 14.6 Å². The first kappa shape index (κ1) is 10.8. The summed E-state index contributed by atoms with van der Waals surface area (Å²) in [6, 6.07) is 1.59. The molecule has 17 heavy (non-hydrogen) atoms. The quantitative estimate of drug-likeness (QED) is 0.819. The zero-order valence-corrected chi connectivity index (χ0v) is 9.98. The number of ether oxygens (including phenoxy) is 1. The molecule has 0 radical (unpaired) electrons. The fourth-order valence-corrected chi connectivity index (χ4v) is 2.63. The minimum Gasteiger partial charge on any atom is -0.371 e. The zero-order valence-electron chi connectivity index (χ0n) is 9.98. The maximum atomic E-state index is 11.5. The van der Waals surface area contributed by atoms with E-state index in [4.69, 9.17) is 4.74 Å². The fourth-order valence-electron chi connectivity index (χ4n) is 2.63. The maximum Gasteiger partial charge on any atom is 0.252 e. The maximum absolute atomic E-state index is 11.5. The lowest BCUT2D eigenvalue weighted by molar-refractivity contribution is 0.0302. The summed E-state index contributed by atoms with van der Waals surface area (Å²) in [6.07, 6.45) is 3.65. The third-order valence-corrected chi connectivity index (χ3v) is 3.48. The third kappa shape index (κ3) is 2.07. The molecule has 5 nitrogen and oxygen atoms in total. The summed E-state index contributed by atoms with van der Waals surface area (Å²) < 4.78 is 5.78. The first-order valence-corrected chi connectivity index (χ1v) is 6.25. The van der Waals surface area contributed by atoms with E-state index in [1.807, 2.05) is 6.92 Å². The fraction of sp³-hybridized carbons (Fsp3) is 0.667. The van der Waals surface area contributed by atoms with Crippen molar-refractivity contribution in [3.8, 4) is 0 Å². The number of hydrogen-bond donors (Lipinski definition) is 1. The summed E-state index contributed by atoms with van der Waals surface area (Å²) >= 11 is 0. The predicted molar refractivity (Wildman–Crippen MR) is 64.3 cm³/mol. The third-order valence-electron chi connectivity index (χ3n) is 3.48. The summed E-state index contributed by atoms with van der Waals surface area (Å²) in [5.41, 5.74) is -0.0642. The van der Waals surface area contributed by atoms with E-state index in [2.05, 4.69) is 14.9 Å². The van der Waals surface area contributed by atoms with Gasteiger partial charge in [0.1, 0.15) is 11.6 Å². The highest BCUT2D eigenvalue weighted by molar-refractivity contribution is 5.39. The molecule has 5 heteroatoms. The van der Waals surface area contributed by atoms with Crippen molar-refractivity contribution >= 4 is 5.82 Å². The van der Waals surface area contributed by atoms with Crippen LogP contribution in [0.15, 0.2) is 10.9 Å². The Labute approximate surface area is 99.8 Å². The molecule has 2 atom stereocenters. The van der Waals surface area contributed by atoms with Crippen LogP contribution in [0.5, 0.6) is 0 Å². The molecule has 0 saturated carbocycles. The molecular weight excluding hydrogens is 218 g/mol. The number of nitrogens with one attached hydrogen (secondary N) is 1. The summed E-state index contributed by atoms with van der Waals surface area (Å²) in [5, 5.41) is 0. The summed E-state index contributed by atoms with van der Waals surface area (Å²) in [4.78, 5) is 21.0. The van der Waals surface area contributed by atoms with Crippen LogP contribution in [0.3, 0.4) is 0 Å². The molecular formula is C12H17N3O2. The largest absolute Gasteiger partial charge is 0.371 e. The van der Waals surface area contributed by atoms with Crippen LogP contribution in [0.2, 0.25) is 0 Å². The van der Waals surface area contributed by atoms with Gasteiger partial charge in [0.25, 0.3) is 5.56 Å². The van der Waals surface area contributed by atoms with Gasteiger partial charge in [0, 0.05) is 25.6 Å². The Bertz CT molecular complexity index is 459. The van der Waals surface area contributed by atoms with E-state index < -0.39 is 0 Å². The van der Waals surface area contributed by atoms with Crippen molar-refractivity contribution in [3.63, 3.8) is 0 Å². The highest BCUT2D eigenvalue weighted by atomic mass is 16.5. The average molecular weight is 235 g/mol. The lowest BCUT2D eigenvalue weighted by Gasteiger charge is -2.32. The van der Waals surface area contributed by atoms with Crippen molar-refractivity contribution in [1.29, 1.82) is 0 Å².